The lowest BCUT2D eigenvalue weighted by Gasteiger charge is -1.92. The standard InChI is InChI=1S/C6H7N.C5H13NS/c7-6-4-2-1-3-5-6;1-2-3-4-5-6-7/h1-5H,7H2;6-7H,2-5H2,1H3. The number of nitrogens with two attached hydrogens (primary N) is 1. The van der Waals surface area contributed by atoms with Crippen molar-refractivity contribution in [1.82, 2.24) is 4.72 Å². The zero-order valence-corrected chi connectivity index (χ0v) is 9.63. The fraction of sp³-hybridized carbons (Fsp3) is 0.455. The zero-order valence-electron chi connectivity index (χ0n) is 8.74. The molecule has 0 aliphatic rings. The molecule has 0 aliphatic heterocycles. The van der Waals surface area contributed by atoms with E-state index < -0.39 is 0 Å². The van der Waals surface area contributed by atoms with Crippen LogP contribution in [0.3, 0.4) is 0 Å². The highest BCUT2D eigenvalue weighted by atomic mass is 32.1. The van der Waals surface area contributed by atoms with E-state index in [1.165, 1.54) is 19.3 Å². The molecule has 0 radical (unpaired) electrons. The molecule has 14 heavy (non-hydrogen) atoms. The molecule has 0 aromatic heterocycles. The van der Waals surface area contributed by atoms with Crippen molar-refractivity contribution in [3.63, 3.8) is 0 Å². The smallest absolute Gasteiger partial charge is 0.0313 e. The van der Waals surface area contributed by atoms with Crippen molar-refractivity contribution in [3.8, 4) is 0 Å². The van der Waals surface area contributed by atoms with E-state index >= 15 is 0 Å². The van der Waals surface area contributed by atoms with Gasteiger partial charge in [-0.25, -0.2) is 0 Å². The molecular weight excluding hydrogens is 192 g/mol. The number of nitrogen functional groups attached to an aromatic ring is 1. The van der Waals surface area contributed by atoms with Gasteiger partial charge < -0.3 is 5.73 Å². The predicted molar refractivity (Wildman–Crippen MR) is 67.4 cm³/mol. The number of anilines is 1. The lowest BCUT2D eigenvalue weighted by atomic mass is 10.3. The van der Waals surface area contributed by atoms with Crippen molar-refractivity contribution < 1.29 is 0 Å². The quantitative estimate of drug-likeness (QED) is 0.408. The van der Waals surface area contributed by atoms with Crippen LogP contribution in [0.5, 0.6) is 0 Å². The molecule has 3 N–H and O–H groups in total. The molecule has 0 heterocycles. The third-order valence-corrected chi connectivity index (χ3v) is 1.92. The molecule has 0 fully saturated rings. The summed E-state index contributed by atoms with van der Waals surface area (Å²) in [5.74, 6) is 0. The summed E-state index contributed by atoms with van der Waals surface area (Å²) in [5.41, 5.74) is 6.18. The van der Waals surface area contributed by atoms with Gasteiger partial charge in [-0.05, 0) is 18.6 Å². The van der Waals surface area contributed by atoms with Gasteiger partial charge in [0.1, 0.15) is 0 Å². The Balaban J connectivity index is 0.000000241. The van der Waals surface area contributed by atoms with E-state index in [9.17, 15) is 0 Å². The van der Waals surface area contributed by atoms with Crippen LogP contribution in [0.25, 0.3) is 0 Å². The van der Waals surface area contributed by atoms with Crippen LogP contribution in [-0.4, -0.2) is 6.54 Å². The summed E-state index contributed by atoms with van der Waals surface area (Å²) in [6, 6.07) is 9.49. The Morgan fingerprint density at radius 2 is 1.86 bits per heavy atom. The summed E-state index contributed by atoms with van der Waals surface area (Å²) in [6.45, 7) is 3.23. The first-order valence-electron chi connectivity index (χ1n) is 4.98. The highest BCUT2D eigenvalue weighted by molar-refractivity contribution is 7.78. The van der Waals surface area contributed by atoms with Gasteiger partial charge in [0.15, 0.2) is 0 Å². The number of hydrogen-bond donors (Lipinski definition) is 3. The van der Waals surface area contributed by atoms with Gasteiger partial charge in [0, 0.05) is 12.2 Å². The number of unbranched alkanes of at least 4 members (excludes halogenated alkanes) is 2. The molecule has 0 saturated carbocycles. The van der Waals surface area contributed by atoms with Crippen molar-refractivity contribution in [2.45, 2.75) is 26.2 Å². The summed E-state index contributed by atoms with van der Waals surface area (Å²) in [4.78, 5) is 0. The summed E-state index contributed by atoms with van der Waals surface area (Å²) in [6.07, 6.45) is 3.85. The Labute approximate surface area is 92.4 Å². The average Bonchev–Trinajstić information content (AvgIpc) is 2.21. The Bertz CT molecular complexity index is 198. The van der Waals surface area contributed by atoms with Gasteiger partial charge in [0.2, 0.25) is 0 Å². The second kappa shape index (κ2) is 10.4. The minimum absolute atomic E-state index is 0.822. The lowest BCUT2D eigenvalue weighted by molar-refractivity contribution is 0.710. The minimum Gasteiger partial charge on any atom is -0.399 e. The molecule has 3 heteroatoms. The fourth-order valence-electron chi connectivity index (χ4n) is 0.907. The highest BCUT2D eigenvalue weighted by Gasteiger charge is 1.79. The molecule has 0 bridgehead atoms. The number of rotatable bonds is 4. The third kappa shape index (κ3) is 9.42. The molecule has 0 spiro atoms. The van der Waals surface area contributed by atoms with Crippen molar-refractivity contribution in [2.24, 2.45) is 0 Å². The minimum atomic E-state index is 0.822. The van der Waals surface area contributed by atoms with Gasteiger partial charge in [-0.1, -0.05) is 50.8 Å². The van der Waals surface area contributed by atoms with Crippen LogP contribution in [0.15, 0.2) is 30.3 Å². The second-order valence-electron chi connectivity index (χ2n) is 3.03. The molecule has 0 saturated heterocycles. The topological polar surface area (TPSA) is 38.0 Å². The van der Waals surface area contributed by atoms with Crippen molar-refractivity contribution in [2.75, 3.05) is 12.3 Å². The van der Waals surface area contributed by atoms with Crippen LogP contribution >= 0.6 is 12.8 Å². The van der Waals surface area contributed by atoms with Gasteiger partial charge in [0.05, 0.1) is 0 Å². The molecule has 1 aromatic rings. The molecule has 0 amide bonds. The third-order valence-electron chi connectivity index (χ3n) is 1.69. The van der Waals surface area contributed by atoms with E-state index in [1.54, 1.807) is 0 Å². The van der Waals surface area contributed by atoms with Gasteiger partial charge in [-0.2, -0.15) is 0 Å². The maximum absolute atomic E-state index is 5.36. The van der Waals surface area contributed by atoms with Crippen molar-refractivity contribution in [1.29, 1.82) is 0 Å². The van der Waals surface area contributed by atoms with E-state index in [1.807, 2.05) is 30.3 Å². The van der Waals surface area contributed by atoms with E-state index in [2.05, 4.69) is 24.5 Å². The molecular formula is C11H20N2S. The summed E-state index contributed by atoms with van der Waals surface area (Å²) < 4.78 is 2.80. The first-order chi connectivity index (χ1) is 6.81. The summed E-state index contributed by atoms with van der Waals surface area (Å²) >= 11 is 3.84. The van der Waals surface area contributed by atoms with E-state index in [4.69, 9.17) is 5.73 Å². The van der Waals surface area contributed by atoms with Crippen LogP contribution in [0.4, 0.5) is 5.69 Å². The molecule has 1 rings (SSSR count). The molecule has 1 aromatic carbocycles. The van der Waals surface area contributed by atoms with E-state index in [0.717, 1.165) is 12.2 Å². The highest BCUT2D eigenvalue weighted by Crippen LogP contribution is 1.95. The largest absolute Gasteiger partial charge is 0.399 e. The zero-order chi connectivity index (χ0) is 10.6. The molecule has 2 nitrogen and oxygen atoms in total. The number of para-hydroxylation sites is 1. The first kappa shape index (κ1) is 13.3. The SMILES string of the molecule is CCCCCNS.Nc1ccccc1. The Kier molecular flexibility index (Phi) is 9.91. The number of benzene rings is 1. The number of hydrogen-bond acceptors (Lipinski definition) is 3. The molecule has 0 atom stereocenters. The van der Waals surface area contributed by atoms with Gasteiger partial charge in [-0.3, -0.25) is 4.72 Å². The van der Waals surface area contributed by atoms with Gasteiger partial charge in [-0.15, -0.1) is 0 Å². The molecule has 0 aliphatic carbocycles. The van der Waals surface area contributed by atoms with Crippen LogP contribution in [0, 0.1) is 0 Å². The Morgan fingerprint density at radius 1 is 1.21 bits per heavy atom. The van der Waals surface area contributed by atoms with Crippen LogP contribution in [-0.2, 0) is 0 Å². The van der Waals surface area contributed by atoms with Gasteiger partial charge >= 0.3 is 0 Å². The maximum Gasteiger partial charge on any atom is 0.0313 e. The van der Waals surface area contributed by atoms with Crippen molar-refractivity contribution >= 4 is 18.5 Å². The Hall–Kier alpha value is -0.670. The van der Waals surface area contributed by atoms with Crippen molar-refractivity contribution in [3.05, 3.63) is 30.3 Å². The Morgan fingerprint density at radius 3 is 2.21 bits per heavy atom. The maximum atomic E-state index is 5.36. The second-order valence-corrected chi connectivity index (χ2v) is 3.34. The first-order valence-corrected chi connectivity index (χ1v) is 5.43. The lowest BCUT2D eigenvalue weighted by Crippen LogP contribution is -1.99. The fourth-order valence-corrected chi connectivity index (χ4v) is 1.07. The monoisotopic (exact) mass is 212 g/mol. The van der Waals surface area contributed by atoms with Crippen LogP contribution in [0.1, 0.15) is 26.2 Å². The number of nitrogens with one attached hydrogen (secondary N) is 1. The summed E-state index contributed by atoms with van der Waals surface area (Å²) in [5, 5.41) is 0. The average molecular weight is 212 g/mol. The van der Waals surface area contributed by atoms with Gasteiger partial charge in [0.25, 0.3) is 0 Å². The van der Waals surface area contributed by atoms with E-state index in [-0.39, 0.29) is 0 Å². The van der Waals surface area contributed by atoms with E-state index in [0.29, 0.717) is 0 Å². The summed E-state index contributed by atoms with van der Waals surface area (Å²) in [7, 11) is 0. The molecule has 80 valence electrons. The van der Waals surface area contributed by atoms with Crippen LogP contribution in [0.2, 0.25) is 0 Å². The normalized spacial score (nSPS) is 9.00. The molecule has 0 unspecified atom stereocenters. The van der Waals surface area contributed by atoms with Crippen LogP contribution < -0.4 is 10.5 Å². The number of thiol groups is 1. The predicted octanol–water partition coefficient (Wildman–Crippen LogP) is 2.88.